The third-order valence-electron chi connectivity index (χ3n) is 3.32. The van der Waals surface area contributed by atoms with Gasteiger partial charge in [-0.3, -0.25) is 4.79 Å². The summed E-state index contributed by atoms with van der Waals surface area (Å²) in [6.45, 7) is 5.64. The molecule has 0 saturated carbocycles. The SMILES string of the molecule is Cc1ccc(S(=O)(=O)NCCCC(C)C(=O)O)cc1C. The number of sulfonamides is 1. The molecule has 1 atom stereocenters. The molecule has 2 N–H and O–H groups in total. The molecule has 1 rings (SSSR count). The van der Waals surface area contributed by atoms with Crippen molar-refractivity contribution in [3.05, 3.63) is 29.3 Å². The minimum atomic E-state index is -3.52. The van der Waals surface area contributed by atoms with E-state index in [0.717, 1.165) is 11.1 Å². The summed E-state index contributed by atoms with van der Waals surface area (Å²) in [5.41, 5.74) is 1.96. The first kappa shape index (κ1) is 16.7. The zero-order chi connectivity index (χ0) is 15.3. The molecule has 0 heterocycles. The number of carboxylic acids is 1. The minimum Gasteiger partial charge on any atom is -0.481 e. The monoisotopic (exact) mass is 299 g/mol. The Hall–Kier alpha value is -1.40. The quantitative estimate of drug-likeness (QED) is 0.755. The van der Waals surface area contributed by atoms with Gasteiger partial charge in [0, 0.05) is 6.54 Å². The zero-order valence-electron chi connectivity index (χ0n) is 12.0. The molecule has 0 amide bonds. The fraction of sp³-hybridized carbons (Fsp3) is 0.500. The van der Waals surface area contributed by atoms with Crippen LogP contribution in [0, 0.1) is 19.8 Å². The molecule has 0 saturated heterocycles. The van der Waals surface area contributed by atoms with Crippen LogP contribution in [0.15, 0.2) is 23.1 Å². The summed E-state index contributed by atoms with van der Waals surface area (Å²) < 4.78 is 26.6. The van der Waals surface area contributed by atoms with Gasteiger partial charge in [0.05, 0.1) is 10.8 Å². The highest BCUT2D eigenvalue weighted by Crippen LogP contribution is 2.14. The van der Waals surface area contributed by atoms with Gasteiger partial charge in [-0.2, -0.15) is 0 Å². The van der Waals surface area contributed by atoms with Crippen LogP contribution >= 0.6 is 0 Å². The largest absolute Gasteiger partial charge is 0.481 e. The maximum Gasteiger partial charge on any atom is 0.306 e. The Morgan fingerprint density at radius 2 is 1.95 bits per heavy atom. The molecule has 112 valence electrons. The third-order valence-corrected chi connectivity index (χ3v) is 4.77. The molecule has 1 aromatic carbocycles. The van der Waals surface area contributed by atoms with Gasteiger partial charge in [0.25, 0.3) is 0 Å². The Kier molecular flexibility index (Phi) is 5.71. The van der Waals surface area contributed by atoms with E-state index in [4.69, 9.17) is 5.11 Å². The molecule has 0 aliphatic rings. The van der Waals surface area contributed by atoms with Crippen molar-refractivity contribution >= 4 is 16.0 Å². The lowest BCUT2D eigenvalue weighted by Crippen LogP contribution is -2.25. The number of aliphatic carboxylic acids is 1. The van der Waals surface area contributed by atoms with Crippen LogP contribution < -0.4 is 4.72 Å². The van der Waals surface area contributed by atoms with E-state index < -0.39 is 21.9 Å². The fourth-order valence-electron chi connectivity index (χ4n) is 1.70. The van der Waals surface area contributed by atoms with E-state index in [0.29, 0.717) is 12.8 Å². The van der Waals surface area contributed by atoms with Gasteiger partial charge in [-0.15, -0.1) is 0 Å². The van der Waals surface area contributed by atoms with Crippen molar-refractivity contribution in [1.82, 2.24) is 4.72 Å². The third kappa shape index (κ3) is 4.61. The second-order valence-electron chi connectivity index (χ2n) is 5.03. The molecule has 0 aromatic heterocycles. The highest BCUT2D eigenvalue weighted by Gasteiger charge is 2.15. The van der Waals surface area contributed by atoms with E-state index in [1.54, 1.807) is 25.1 Å². The second kappa shape index (κ2) is 6.85. The molecule has 0 bridgehead atoms. The first-order chi connectivity index (χ1) is 9.24. The average molecular weight is 299 g/mol. The highest BCUT2D eigenvalue weighted by molar-refractivity contribution is 7.89. The number of rotatable bonds is 7. The molecule has 20 heavy (non-hydrogen) atoms. The molecule has 0 spiro atoms. The van der Waals surface area contributed by atoms with E-state index in [1.807, 2.05) is 13.8 Å². The Morgan fingerprint density at radius 1 is 1.30 bits per heavy atom. The number of hydrogen-bond donors (Lipinski definition) is 2. The van der Waals surface area contributed by atoms with Gasteiger partial charge in [0.15, 0.2) is 0 Å². The first-order valence-corrected chi connectivity index (χ1v) is 8.02. The van der Waals surface area contributed by atoms with Crippen LogP contribution in [0.5, 0.6) is 0 Å². The zero-order valence-corrected chi connectivity index (χ0v) is 12.8. The van der Waals surface area contributed by atoms with Crippen molar-refractivity contribution in [2.45, 2.75) is 38.5 Å². The second-order valence-corrected chi connectivity index (χ2v) is 6.79. The van der Waals surface area contributed by atoms with E-state index >= 15 is 0 Å². The normalized spacial score (nSPS) is 13.2. The number of benzene rings is 1. The summed E-state index contributed by atoms with van der Waals surface area (Å²) >= 11 is 0. The molecule has 0 aliphatic heterocycles. The molecule has 0 radical (unpaired) electrons. The van der Waals surface area contributed by atoms with Crippen molar-refractivity contribution < 1.29 is 18.3 Å². The van der Waals surface area contributed by atoms with Crippen LogP contribution in [0.2, 0.25) is 0 Å². The summed E-state index contributed by atoms with van der Waals surface area (Å²) in [5, 5.41) is 8.74. The van der Waals surface area contributed by atoms with E-state index in [2.05, 4.69) is 4.72 Å². The maximum absolute atomic E-state index is 12.0. The van der Waals surface area contributed by atoms with Crippen molar-refractivity contribution in [2.24, 2.45) is 5.92 Å². The van der Waals surface area contributed by atoms with Crippen LogP contribution in [0.4, 0.5) is 0 Å². The lowest BCUT2D eigenvalue weighted by molar-refractivity contribution is -0.141. The highest BCUT2D eigenvalue weighted by atomic mass is 32.2. The summed E-state index contributed by atoms with van der Waals surface area (Å²) in [5.74, 6) is -1.32. The van der Waals surface area contributed by atoms with E-state index in [1.165, 1.54) is 0 Å². The molecular weight excluding hydrogens is 278 g/mol. The van der Waals surface area contributed by atoms with Crippen molar-refractivity contribution in [3.63, 3.8) is 0 Å². The van der Waals surface area contributed by atoms with Crippen LogP contribution in [0.1, 0.15) is 30.9 Å². The number of carbonyl (C=O) groups is 1. The predicted molar refractivity (Wildman–Crippen MR) is 77.1 cm³/mol. The van der Waals surface area contributed by atoms with Crippen molar-refractivity contribution in [2.75, 3.05) is 6.54 Å². The van der Waals surface area contributed by atoms with E-state index in [-0.39, 0.29) is 11.4 Å². The summed E-state index contributed by atoms with van der Waals surface area (Å²) in [6, 6.07) is 4.98. The van der Waals surface area contributed by atoms with Crippen LogP contribution in [-0.4, -0.2) is 26.0 Å². The average Bonchev–Trinajstić information content (AvgIpc) is 2.37. The van der Waals surface area contributed by atoms with Gasteiger partial charge < -0.3 is 5.11 Å². The Balaban J connectivity index is 2.58. The molecule has 0 fully saturated rings. The molecule has 1 aromatic rings. The Labute approximate surface area is 120 Å². The molecule has 1 unspecified atom stereocenters. The molecule has 5 nitrogen and oxygen atoms in total. The number of hydrogen-bond acceptors (Lipinski definition) is 3. The predicted octanol–water partition coefficient (Wildman–Crippen LogP) is 2.08. The molecule has 6 heteroatoms. The van der Waals surface area contributed by atoms with E-state index in [9.17, 15) is 13.2 Å². The fourth-order valence-corrected chi connectivity index (χ4v) is 2.86. The van der Waals surface area contributed by atoms with Crippen LogP contribution in [-0.2, 0) is 14.8 Å². The van der Waals surface area contributed by atoms with Crippen LogP contribution in [0.25, 0.3) is 0 Å². The standard InChI is InChI=1S/C14H21NO4S/c1-10-6-7-13(9-12(10)3)20(18,19)15-8-4-5-11(2)14(16)17/h6-7,9,11,15H,4-5,8H2,1-3H3,(H,16,17). The van der Waals surface area contributed by atoms with Crippen molar-refractivity contribution in [1.29, 1.82) is 0 Å². The molecular formula is C14H21NO4S. The number of aryl methyl sites for hydroxylation is 2. The van der Waals surface area contributed by atoms with Gasteiger partial charge in [-0.25, -0.2) is 13.1 Å². The minimum absolute atomic E-state index is 0.242. The first-order valence-electron chi connectivity index (χ1n) is 6.54. The van der Waals surface area contributed by atoms with Gasteiger partial charge in [-0.05, 0) is 49.9 Å². The summed E-state index contributed by atoms with van der Waals surface area (Å²) in [7, 11) is -3.52. The van der Waals surface area contributed by atoms with Crippen LogP contribution in [0.3, 0.4) is 0 Å². The van der Waals surface area contributed by atoms with Gasteiger partial charge in [0.1, 0.15) is 0 Å². The van der Waals surface area contributed by atoms with Gasteiger partial charge >= 0.3 is 5.97 Å². The number of nitrogens with one attached hydrogen (secondary N) is 1. The maximum atomic E-state index is 12.0. The Morgan fingerprint density at radius 3 is 2.50 bits per heavy atom. The Bertz CT molecular complexity index is 581. The summed E-state index contributed by atoms with van der Waals surface area (Å²) in [6.07, 6.45) is 0.947. The van der Waals surface area contributed by atoms with Gasteiger partial charge in [0.2, 0.25) is 10.0 Å². The topological polar surface area (TPSA) is 83.5 Å². The van der Waals surface area contributed by atoms with Gasteiger partial charge in [-0.1, -0.05) is 13.0 Å². The molecule has 0 aliphatic carbocycles. The number of carboxylic acid groups (broad SMARTS) is 1. The summed E-state index contributed by atoms with van der Waals surface area (Å²) in [4.78, 5) is 10.9. The van der Waals surface area contributed by atoms with Crippen molar-refractivity contribution in [3.8, 4) is 0 Å². The lowest BCUT2D eigenvalue weighted by atomic mass is 10.1. The smallest absolute Gasteiger partial charge is 0.306 e. The lowest BCUT2D eigenvalue weighted by Gasteiger charge is -2.09.